The molecule has 1 aromatic rings. The molecule has 1 N–H and O–H groups in total. The van der Waals surface area contributed by atoms with E-state index < -0.39 is 12.1 Å². The fourth-order valence-corrected chi connectivity index (χ4v) is 3.07. The lowest BCUT2D eigenvalue weighted by molar-refractivity contribution is -0.179. The second-order valence-corrected chi connectivity index (χ2v) is 5.54. The summed E-state index contributed by atoms with van der Waals surface area (Å²) in [4.78, 5) is 7.32. The minimum atomic E-state index is -4.05. The molecular formula is C11H16F3N3S. The lowest BCUT2D eigenvalue weighted by Gasteiger charge is -2.32. The fourth-order valence-electron chi connectivity index (χ4n) is 2.10. The molecule has 0 aliphatic carbocycles. The van der Waals surface area contributed by atoms with Gasteiger partial charge in [0.2, 0.25) is 0 Å². The Bertz CT molecular complexity index is 383. The number of nitrogens with one attached hydrogen (secondary N) is 1. The van der Waals surface area contributed by atoms with Crippen molar-refractivity contribution in [2.75, 3.05) is 25.0 Å². The molecule has 1 aliphatic rings. The van der Waals surface area contributed by atoms with E-state index in [2.05, 4.69) is 10.3 Å². The zero-order valence-corrected chi connectivity index (χ0v) is 10.9. The largest absolute Gasteiger partial charge is 0.391 e. The number of piperidine rings is 1. The van der Waals surface area contributed by atoms with Gasteiger partial charge in [0.25, 0.3) is 0 Å². The van der Waals surface area contributed by atoms with Gasteiger partial charge in [0.1, 0.15) is 0 Å². The van der Waals surface area contributed by atoms with Gasteiger partial charge in [-0.3, -0.25) is 0 Å². The summed E-state index contributed by atoms with van der Waals surface area (Å²) >= 11 is 1.54. The van der Waals surface area contributed by atoms with Gasteiger partial charge >= 0.3 is 6.18 Å². The van der Waals surface area contributed by atoms with Gasteiger partial charge in [-0.2, -0.15) is 13.2 Å². The molecule has 0 aromatic carbocycles. The van der Waals surface area contributed by atoms with Crippen LogP contribution in [0, 0.1) is 5.92 Å². The van der Waals surface area contributed by atoms with Crippen LogP contribution in [-0.2, 0) is 6.54 Å². The van der Waals surface area contributed by atoms with Crippen LogP contribution < -0.4 is 10.2 Å². The Hall–Kier alpha value is -0.820. The Balaban J connectivity index is 1.92. The van der Waals surface area contributed by atoms with E-state index in [1.165, 1.54) is 0 Å². The Morgan fingerprint density at radius 1 is 1.44 bits per heavy atom. The van der Waals surface area contributed by atoms with Crippen LogP contribution in [0.5, 0.6) is 0 Å². The average Bonchev–Trinajstić information content (AvgIpc) is 2.77. The zero-order chi connectivity index (χ0) is 13.2. The highest BCUT2D eigenvalue weighted by molar-refractivity contribution is 7.15. The maximum absolute atomic E-state index is 12.5. The van der Waals surface area contributed by atoms with Crippen LogP contribution in [-0.4, -0.2) is 31.3 Å². The minimum absolute atomic E-state index is 0.171. The number of anilines is 1. The number of rotatable bonds is 3. The fraction of sp³-hybridized carbons (Fsp3) is 0.727. The number of aromatic nitrogens is 1. The average molecular weight is 279 g/mol. The van der Waals surface area contributed by atoms with Crippen LogP contribution in [0.4, 0.5) is 18.3 Å². The first-order chi connectivity index (χ1) is 8.50. The van der Waals surface area contributed by atoms with Gasteiger partial charge < -0.3 is 10.2 Å². The van der Waals surface area contributed by atoms with Gasteiger partial charge in [-0.25, -0.2) is 4.98 Å². The molecular weight excluding hydrogens is 263 g/mol. The number of thiazole rings is 1. The molecule has 18 heavy (non-hydrogen) atoms. The van der Waals surface area contributed by atoms with E-state index in [1.54, 1.807) is 17.5 Å². The molecule has 102 valence electrons. The molecule has 0 unspecified atom stereocenters. The van der Waals surface area contributed by atoms with Gasteiger partial charge in [0.15, 0.2) is 5.13 Å². The maximum Gasteiger partial charge on any atom is 0.391 e. The molecule has 0 saturated carbocycles. The van der Waals surface area contributed by atoms with E-state index in [4.69, 9.17) is 0 Å². The van der Waals surface area contributed by atoms with Crippen molar-refractivity contribution < 1.29 is 13.2 Å². The van der Waals surface area contributed by atoms with Crippen molar-refractivity contribution in [3.8, 4) is 0 Å². The number of halogens is 3. The number of hydrogen-bond donors (Lipinski definition) is 1. The second kappa shape index (κ2) is 5.44. The third-order valence-electron chi connectivity index (χ3n) is 3.12. The first-order valence-electron chi connectivity index (χ1n) is 5.91. The molecule has 2 heterocycles. The molecule has 3 nitrogen and oxygen atoms in total. The lowest BCUT2D eigenvalue weighted by atomic mass is 9.97. The highest BCUT2D eigenvalue weighted by Gasteiger charge is 2.41. The van der Waals surface area contributed by atoms with E-state index in [1.807, 2.05) is 11.9 Å². The lowest BCUT2D eigenvalue weighted by Crippen LogP contribution is -2.38. The molecule has 0 bridgehead atoms. The molecule has 1 saturated heterocycles. The number of alkyl halides is 3. The summed E-state index contributed by atoms with van der Waals surface area (Å²) in [6.45, 7) is 1.63. The minimum Gasteiger partial charge on any atom is -0.348 e. The topological polar surface area (TPSA) is 28.2 Å². The Morgan fingerprint density at radius 2 is 2.11 bits per heavy atom. The summed E-state index contributed by atoms with van der Waals surface area (Å²) < 4.78 is 37.6. The Morgan fingerprint density at radius 3 is 2.67 bits per heavy atom. The molecule has 0 amide bonds. The first kappa shape index (κ1) is 13.6. The monoisotopic (exact) mass is 279 g/mol. The van der Waals surface area contributed by atoms with E-state index in [9.17, 15) is 13.2 Å². The van der Waals surface area contributed by atoms with Crippen LogP contribution in [0.1, 0.15) is 17.7 Å². The molecule has 0 spiro atoms. The first-order valence-corrected chi connectivity index (χ1v) is 6.73. The zero-order valence-electron chi connectivity index (χ0n) is 10.1. The molecule has 0 radical (unpaired) electrons. The predicted octanol–water partition coefficient (Wildman–Crippen LogP) is 2.64. The van der Waals surface area contributed by atoms with Crippen molar-refractivity contribution >= 4 is 16.5 Å². The van der Waals surface area contributed by atoms with E-state index in [0.29, 0.717) is 13.1 Å². The summed E-state index contributed by atoms with van der Waals surface area (Å²) in [5, 5.41) is 3.86. The SMILES string of the molecule is CNCc1cnc(N2CCC(C(F)(F)F)CC2)s1. The van der Waals surface area contributed by atoms with Gasteiger partial charge in [0, 0.05) is 30.7 Å². The second-order valence-electron chi connectivity index (χ2n) is 4.44. The molecule has 1 aromatic heterocycles. The highest BCUT2D eigenvalue weighted by Crippen LogP contribution is 2.36. The van der Waals surface area contributed by atoms with Gasteiger partial charge in [0.05, 0.1) is 5.92 Å². The highest BCUT2D eigenvalue weighted by atomic mass is 32.1. The summed E-state index contributed by atoms with van der Waals surface area (Å²) in [5.41, 5.74) is 0. The van der Waals surface area contributed by atoms with Gasteiger partial charge in [-0.05, 0) is 19.9 Å². The van der Waals surface area contributed by atoms with Crippen LogP contribution in [0.3, 0.4) is 0 Å². The quantitative estimate of drug-likeness (QED) is 0.922. The van der Waals surface area contributed by atoms with Crippen LogP contribution in [0.2, 0.25) is 0 Å². The third-order valence-corrected chi connectivity index (χ3v) is 4.18. The van der Waals surface area contributed by atoms with Crippen LogP contribution >= 0.6 is 11.3 Å². The van der Waals surface area contributed by atoms with E-state index in [0.717, 1.165) is 16.6 Å². The summed E-state index contributed by atoms with van der Waals surface area (Å²) in [7, 11) is 1.86. The van der Waals surface area contributed by atoms with Crippen molar-refractivity contribution in [2.24, 2.45) is 5.92 Å². The van der Waals surface area contributed by atoms with Crippen molar-refractivity contribution in [1.29, 1.82) is 0 Å². The maximum atomic E-state index is 12.5. The van der Waals surface area contributed by atoms with Crippen molar-refractivity contribution in [2.45, 2.75) is 25.6 Å². The molecule has 1 fully saturated rings. The van der Waals surface area contributed by atoms with Crippen molar-refractivity contribution in [3.63, 3.8) is 0 Å². The van der Waals surface area contributed by atoms with Crippen molar-refractivity contribution in [3.05, 3.63) is 11.1 Å². The predicted molar refractivity (Wildman–Crippen MR) is 65.9 cm³/mol. The normalized spacial score (nSPS) is 18.3. The molecule has 2 rings (SSSR count). The van der Waals surface area contributed by atoms with E-state index >= 15 is 0 Å². The summed E-state index contributed by atoms with van der Waals surface area (Å²) in [6, 6.07) is 0. The molecule has 7 heteroatoms. The third kappa shape index (κ3) is 3.14. The van der Waals surface area contributed by atoms with Crippen LogP contribution in [0.25, 0.3) is 0 Å². The summed E-state index contributed by atoms with van der Waals surface area (Å²) in [6.07, 6.45) is -1.92. The molecule has 0 atom stereocenters. The van der Waals surface area contributed by atoms with Crippen molar-refractivity contribution in [1.82, 2.24) is 10.3 Å². The Labute approximate surface area is 108 Å². The number of nitrogens with zero attached hydrogens (tertiary/aromatic N) is 2. The van der Waals surface area contributed by atoms with Gasteiger partial charge in [-0.15, -0.1) is 11.3 Å². The number of hydrogen-bond acceptors (Lipinski definition) is 4. The smallest absolute Gasteiger partial charge is 0.348 e. The van der Waals surface area contributed by atoms with E-state index in [-0.39, 0.29) is 12.8 Å². The van der Waals surface area contributed by atoms with Crippen LogP contribution in [0.15, 0.2) is 6.20 Å². The van der Waals surface area contributed by atoms with Gasteiger partial charge in [-0.1, -0.05) is 0 Å². The Kier molecular flexibility index (Phi) is 4.11. The standard InChI is InChI=1S/C11H16F3N3S/c1-15-6-9-7-16-10(18-9)17-4-2-8(3-5-17)11(12,13)14/h7-8,15H,2-6H2,1H3. The molecule has 1 aliphatic heterocycles. The summed E-state index contributed by atoms with van der Waals surface area (Å²) in [5.74, 6) is -1.15.